The van der Waals surface area contributed by atoms with E-state index in [1.54, 1.807) is 11.6 Å². The van der Waals surface area contributed by atoms with E-state index in [4.69, 9.17) is 4.74 Å². The van der Waals surface area contributed by atoms with Crippen molar-refractivity contribution in [3.63, 3.8) is 0 Å². The van der Waals surface area contributed by atoms with Crippen LogP contribution in [-0.2, 0) is 18.3 Å². The molecule has 4 rings (SSSR count). The van der Waals surface area contributed by atoms with Crippen molar-refractivity contribution in [2.45, 2.75) is 39.8 Å². The molecular formula is C24H30N4O2. The summed E-state index contributed by atoms with van der Waals surface area (Å²) in [6.45, 7) is 9.58. The number of aromatic nitrogens is 3. The second-order valence-corrected chi connectivity index (χ2v) is 8.72. The predicted molar refractivity (Wildman–Crippen MR) is 118 cm³/mol. The highest BCUT2D eigenvalue weighted by atomic mass is 16.5. The molecule has 0 amide bonds. The Bertz CT molecular complexity index is 1060. The van der Waals surface area contributed by atoms with Crippen molar-refractivity contribution in [1.82, 2.24) is 19.7 Å². The lowest BCUT2D eigenvalue weighted by atomic mass is 10.00. The Morgan fingerprint density at radius 2 is 2.13 bits per heavy atom. The van der Waals surface area contributed by atoms with Crippen LogP contribution in [0.1, 0.15) is 43.2 Å². The third-order valence-electron chi connectivity index (χ3n) is 5.61. The summed E-state index contributed by atoms with van der Waals surface area (Å²) in [5.41, 5.74) is 4.53. The van der Waals surface area contributed by atoms with Gasteiger partial charge in [-0.05, 0) is 35.6 Å². The molecule has 1 unspecified atom stereocenters. The van der Waals surface area contributed by atoms with Gasteiger partial charge in [0.15, 0.2) is 5.78 Å². The van der Waals surface area contributed by atoms with Crippen molar-refractivity contribution in [3.8, 4) is 11.1 Å². The standard InChI is InChI=1S/C24H30N4O2/c1-16(2)9-20-15-28(7-8-30-20)13-18-5-6-21-22(19-12-25-27(4)14-19)11-23(17(3)29)26-24(21)10-18/h5-6,10-12,14,16,20H,7-9,13,15H2,1-4H3. The number of ether oxygens (including phenoxy) is 1. The molecule has 1 aliphatic rings. The average molecular weight is 407 g/mol. The van der Waals surface area contributed by atoms with E-state index in [0.717, 1.165) is 54.7 Å². The number of fused-ring (bicyclic) bond motifs is 1. The molecule has 1 saturated heterocycles. The summed E-state index contributed by atoms with van der Waals surface area (Å²) in [7, 11) is 1.89. The van der Waals surface area contributed by atoms with Crippen molar-refractivity contribution in [1.29, 1.82) is 0 Å². The molecular weight excluding hydrogens is 376 g/mol. The minimum absolute atomic E-state index is 0.0304. The van der Waals surface area contributed by atoms with Crippen LogP contribution in [-0.4, -0.2) is 51.2 Å². The molecule has 0 radical (unpaired) electrons. The van der Waals surface area contributed by atoms with Gasteiger partial charge in [-0.25, -0.2) is 4.98 Å². The minimum atomic E-state index is -0.0304. The van der Waals surface area contributed by atoms with Gasteiger partial charge < -0.3 is 4.74 Å². The van der Waals surface area contributed by atoms with Gasteiger partial charge in [0.2, 0.25) is 0 Å². The van der Waals surface area contributed by atoms with Crippen molar-refractivity contribution < 1.29 is 9.53 Å². The molecule has 3 heterocycles. The maximum Gasteiger partial charge on any atom is 0.178 e. The van der Waals surface area contributed by atoms with E-state index in [-0.39, 0.29) is 5.78 Å². The summed E-state index contributed by atoms with van der Waals surface area (Å²) in [5, 5.41) is 5.33. The van der Waals surface area contributed by atoms with E-state index in [2.05, 4.69) is 47.0 Å². The average Bonchev–Trinajstić information content (AvgIpc) is 3.12. The fourth-order valence-electron chi connectivity index (χ4n) is 4.20. The molecule has 1 aromatic carbocycles. The van der Waals surface area contributed by atoms with Crippen molar-refractivity contribution in [2.24, 2.45) is 13.0 Å². The number of pyridine rings is 1. The second-order valence-electron chi connectivity index (χ2n) is 8.72. The Labute approximate surface area is 177 Å². The van der Waals surface area contributed by atoms with Crippen LogP contribution in [0.4, 0.5) is 0 Å². The molecule has 0 N–H and O–H groups in total. The number of Topliss-reactive ketones (excluding diaryl/α,β-unsaturated/α-hetero) is 1. The number of nitrogens with zero attached hydrogens (tertiary/aromatic N) is 4. The Morgan fingerprint density at radius 3 is 2.83 bits per heavy atom. The van der Waals surface area contributed by atoms with Gasteiger partial charge in [-0.1, -0.05) is 26.0 Å². The van der Waals surface area contributed by atoms with Gasteiger partial charge in [-0.2, -0.15) is 5.10 Å². The number of ketones is 1. The van der Waals surface area contributed by atoms with Crippen LogP contribution < -0.4 is 0 Å². The van der Waals surface area contributed by atoms with E-state index in [1.807, 2.05) is 25.5 Å². The number of rotatable bonds is 6. The van der Waals surface area contributed by atoms with E-state index >= 15 is 0 Å². The van der Waals surface area contributed by atoms with Crippen LogP contribution in [0.25, 0.3) is 22.0 Å². The Hall–Kier alpha value is -2.57. The first-order valence-electron chi connectivity index (χ1n) is 10.7. The molecule has 0 aliphatic carbocycles. The largest absolute Gasteiger partial charge is 0.376 e. The molecule has 2 aromatic heterocycles. The van der Waals surface area contributed by atoms with Crippen LogP contribution in [0.3, 0.4) is 0 Å². The zero-order chi connectivity index (χ0) is 21.3. The van der Waals surface area contributed by atoms with Gasteiger partial charge in [0.1, 0.15) is 5.69 Å². The summed E-state index contributed by atoms with van der Waals surface area (Å²) >= 11 is 0. The lowest BCUT2D eigenvalue weighted by molar-refractivity contribution is -0.0399. The van der Waals surface area contributed by atoms with Gasteiger partial charge in [-0.3, -0.25) is 14.4 Å². The number of hydrogen-bond donors (Lipinski definition) is 0. The molecule has 158 valence electrons. The Kier molecular flexibility index (Phi) is 5.97. The molecule has 3 aromatic rings. The normalized spacial score (nSPS) is 17.7. The zero-order valence-corrected chi connectivity index (χ0v) is 18.3. The maximum absolute atomic E-state index is 12.1. The fraction of sp³-hybridized carbons (Fsp3) is 0.458. The highest BCUT2D eigenvalue weighted by molar-refractivity contribution is 6.01. The summed E-state index contributed by atoms with van der Waals surface area (Å²) in [6.07, 6.45) is 5.19. The van der Waals surface area contributed by atoms with Crippen LogP contribution in [0.15, 0.2) is 36.7 Å². The van der Waals surface area contributed by atoms with Crippen molar-refractivity contribution >= 4 is 16.7 Å². The van der Waals surface area contributed by atoms with E-state index in [1.165, 1.54) is 5.56 Å². The van der Waals surface area contributed by atoms with E-state index in [9.17, 15) is 4.79 Å². The van der Waals surface area contributed by atoms with Gasteiger partial charge >= 0.3 is 0 Å². The van der Waals surface area contributed by atoms with Gasteiger partial charge in [0.05, 0.1) is 24.4 Å². The molecule has 0 bridgehead atoms. The predicted octanol–water partition coefficient (Wildman–Crippen LogP) is 4.08. The molecule has 1 aliphatic heterocycles. The third-order valence-corrected chi connectivity index (χ3v) is 5.61. The molecule has 0 saturated carbocycles. The first-order valence-corrected chi connectivity index (χ1v) is 10.7. The molecule has 0 spiro atoms. The van der Waals surface area contributed by atoms with Gasteiger partial charge in [-0.15, -0.1) is 0 Å². The number of benzene rings is 1. The third kappa shape index (κ3) is 4.60. The summed E-state index contributed by atoms with van der Waals surface area (Å²) in [6, 6.07) is 8.29. The number of morpholine rings is 1. The van der Waals surface area contributed by atoms with Gasteiger partial charge in [0, 0.05) is 50.8 Å². The first kappa shape index (κ1) is 20.7. The summed E-state index contributed by atoms with van der Waals surface area (Å²) < 4.78 is 7.71. The summed E-state index contributed by atoms with van der Waals surface area (Å²) in [5.74, 6) is 0.605. The number of hydrogen-bond acceptors (Lipinski definition) is 5. The Balaban J connectivity index is 1.64. The van der Waals surface area contributed by atoms with Gasteiger partial charge in [0.25, 0.3) is 0 Å². The van der Waals surface area contributed by atoms with Crippen LogP contribution in [0.2, 0.25) is 0 Å². The first-order chi connectivity index (χ1) is 14.4. The number of carbonyl (C=O) groups is 1. The fourth-order valence-corrected chi connectivity index (χ4v) is 4.20. The number of carbonyl (C=O) groups excluding carboxylic acids is 1. The van der Waals surface area contributed by atoms with Crippen LogP contribution in [0.5, 0.6) is 0 Å². The molecule has 1 fully saturated rings. The van der Waals surface area contributed by atoms with Crippen LogP contribution in [0, 0.1) is 5.92 Å². The highest BCUT2D eigenvalue weighted by Gasteiger charge is 2.21. The quantitative estimate of drug-likeness (QED) is 0.577. The highest BCUT2D eigenvalue weighted by Crippen LogP contribution is 2.29. The topological polar surface area (TPSA) is 60.2 Å². The van der Waals surface area contributed by atoms with E-state index < -0.39 is 0 Å². The van der Waals surface area contributed by atoms with E-state index in [0.29, 0.717) is 17.7 Å². The van der Waals surface area contributed by atoms with Crippen molar-refractivity contribution in [2.75, 3.05) is 19.7 Å². The molecule has 6 nitrogen and oxygen atoms in total. The number of aryl methyl sites for hydroxylation is 1. The molecule has 1 atom stereocenters. The smallest absolute Gasteiger partial charge is 0.178 e. The minimum Gasteiger partial charge on any atom is -0.376 e. The second kappa shape index (κ2) is 8.66. The maximum atomic E-state index is 12.1. The Morgan fingerprint density at radius 1 is 1.30 bits per heavy atom. The van der Waals surface area contributed by atoms with Crippen molar-refractivity contribution in [3.05, 3.63) is 47.9 Å². The van der Waals surface area contributed by atoms with Crippen LogP contribution >= 0.6 is 0 Å². The lowest BCUT2D eigenvalue weighted by Gasteiger charge is -2.33. The monoisotopic (exact) mass is 406 g/mol. The molecule has 30 heavy (non-hydrogen) atoms. The zero-order valence-electron chi connectivity index (χ0n) is 18.3. The summed E-state index contributed by atoms with van der Waals surface area (Å²) in [4.78, 5) is 19.2. The molecule has 6 heteroatoms. The SMILES string of the molecule is CC(=O)c1cc(-c2cnn(C)c2)c2ccc(CN3CCOC(CC(C)C)C3)cc2n1. The lowest BCUT2D eigenvalue weighted by Crippen LogP contribution is -2.42.